The third kappa shape index (κ3) is 2.54. The Morgan fingerprint density at radius 2 is 2.19 bits per heavy atom. The number of alkyl halides is 1. The van der Waals surface area contributed by atoms with Gasteiger partial charge in [-0.2, -0.15) is 0 Å². The quantitative estimate of drug-likeness (QED) is 0.763. The third-order valence-electron chi connectivity index (χ3n) is 2.13. The fraction of sp³-hybridized carbons (Fsp3) is 0.182. The summed E-state index contributed by atoms with van der Waals surface area (Å²) in [6.45, 7) is 0. The zero-order valence-electron chi connectivity index (χ0n) is 8.21. The summed E-state index contributed by atoms with van der Waals surface area (Å²) in [6, 6.07) is 4.67. The van der Waals surface area contributed by atoms with E-state index in [0.29, 0.717) is 22.9 Å². The first kappa shape index (κ1) is 11.8. The molecule has 0 aliphatic rings. The molecule has 0 aliphatic carbocycles. The Balaban J connectivity index is 2.26. The monoisotopic (exact) mass is 275 g/mol. The summed E-state index contributed by atoms with van der Waals surface area (Å²) >= 11 is 13.0. The van der Waals surface area contributed by atoms with Crippen molar-refractivity contribution in [3.8, 4) is 0 Å². The van der Waals surface area contributed by atoms with E-state index in [2.05, 4.69) is 4.98 Å². The molecule has 0 saturated carbocycles. The van der Waals surface area contributed by atoms with Gasteiger partial charge in [-0.3, -0.25) is 0 Å². The van der Waals surface area contributed by atoms with Gasteiger partial charge in [0.05, 0.1) is 16.6 Å². The predicted octanol–water partition coefficient (Wildman–Crippen LogP) is 4.27. The molecule has 0 aliphatic heterocycles. The Hall–Kier alpha value is -0.640. The molecule has 0 unspecified atom stereocenters. The summed E-state index contributed by atoms with van der Waals surface area (Å²) in [7, 11) is 0. The molecule has 2 rings (SSSR count). The fourth-order valence-electron chi connectivity index (χ4n) is 1.34. The van der Waals surface area contributed by atoms with Crippen LogP contribution in [0, 0.1) is 5.82 Å². The van der Waals surface area contributed by atoms with Gasteiger partial charge in [0.15, 0.2) is 0 Å². The van der Waals surface area contributed by atoms with E-state index in [1.165, 1.54) is 17.4 Å². The second kappa shape index (κ2) is 5.13. The van der Waals surface area contributed by atoms with Crippen LogP contribution in [-0.2, 0) is 12.3 Å². The van der Waals surface area contributed by atoms with Gasteiger partial charge in [-0.15, -0.1) is 22.9 Å². The SMILES string of the molecule is Fc1cccc(Cl)c1Cc1nc(CCl)cs1. The van der Waals surface area contributed by atoms with E-state index in [1.54, 1.807) is 12.1 Å². The molecule has 0 spiro atoms. The van der Waals surface area contributed by atoms with Crippen molar-refractivity contribution in [1.82, 2.24) is 4.98 Å². The van der Waals surface area contributed by atoms with Crippen LogP contribution in [0.15, 0.2) is 23.6 Å². The molecule has 1 aromatic heterocycles. The molecule has 0 saturated heterocycles. The lowest BCUT2D eigenvalue weighted by Gasteiger charge is -2.02. The largest absolute Gasteiger partial charge is 0.245 e. The topological polar surface area (TPSA) is 12.9 Å². The minimum atomic E-state index is -0.296. The van der Waals surface area contributed by atoms with Crippen molar-refractivity contribution in [1.29, 1.82) is 0 Å². The number of hydrogen-bond acceptors (Lipinski definition) is 2. The average Bonchev–Trinajstić information content (AvgIpc) is 2.71. The second-order valence-corrected chi connectivity index (χ2v) is 4.86. The Labute approximate surface area is 107 Å². The smallest absolute Gasteiger partial charge is 0.128 e. The summed E-state index contributed by atoms with van der Waals surface area (Å²) in [4.78, 5) is 4.27. The van der Waals surface area contributed by atoms with Gasteiger partial charge < -0.3 is 0 Å². The summed E-state index contributed by atoms with van der Waals surface area (Å²) in [5.41, 5.74) is 1.30. The van der Waals surface area contributed by atoms with E-state index in [4.69, 9.17) is 23.2 Å². The maximum absolute atomic E-state index is 13.5. The molecule has 1 nitrogen and oxygen atoms in total. The van der Waals surface area contributed by atoms with Crippen molar-refractivity contribution in [3.05, 3.63) is 50.7 Å². The van der Waals surface area contributed by atoms with Gasteiger partial charge in [0, 0.05) is 22.4 Å². The van der Waals surface area contributed by atoms with Crippen LogP contribution in [0.5, 0.6) is 0 Å². The number of benzene rings is 1. The Bertz CT molecular complexity index is 478. The van der Waals surface area contributed by atoms with Crippen LogP contribution < -0.4 is 0 Å². The van der Waals surface area contributed by atoms with Crippen LogP contribution in [0.4, 0.5) is 4.39 Å². The van der Waals surface area contributed by atoms with Gasteiger partial charge >= 0.3 is 0 Å². The van der Waals surface area contributed by atoms with E-state index in [9.17, 15) is 4.39 Å². The molecule has 0 radical (unpaired) electrons. The maximum Gasteiger partial charge on any atom is 0.128 e. The second-order valence-electron chi connectivity index (χ2n) is 3.24. The number of thiazole rings is 1. The number of rotatable bonds is 3. The minimum Gasteiger partial charge on any atom is -0.245 e. The highest BCUT2D eigenvalue weighted by Crippen LogP contribution is 2.24. The van der Waals surface area contributed by atoms with Gasteiger partial charge in [0.1, 0.15) is 5.82 Å². The van der Waals surface area contributed by atoms with Gasteiger partial charge in [0.25, 0.3) is 0 Å². The van der Waals surface area contributed by atoms with Gasteiger partial charge in [-0.25, -0.2) is 9.37 Å². The van der Waals surface area contributed by atoms with Crippen LogP contribution >= 0.6 is 34.5 Å². The van der Waals surface area contributed by atoms with Gasteiger partial charge in [0.2, 0.25) is 0 Å². The zero-order chi connectivity index (χ0) is 11.5. The van der Waals surface area contributed by atoms with Gasteiger partial charge in [-0.1, -0.05) is 17.7 Å². The molecule has 2 aromatic rings. The number of aromatic nitrogens is 1. The average molecular weight is 276 g/mol. The summed E-state index contributed by atoms with van der Waals surface area (Å²) in [6.07, 6.45) is 0.410. The Kier molecular flexibility index (Phi) is 3.79. The van der Waals surface area contributed by atoms with E-state index < -0.39 is 0 Å². The Morgan fingerprint density at radius 1 is 1.38 bits per heavy atom. The first-order chi connectivity index (χ1) is 7.70. The maximum atomic E-state index is 13.5. The molecule has 0 bridgehead atoms. The molecular weight excluding hydrogens is 268 g/mol. The van der Waals surface area contributed by atoms with Crippen LogP contribution in [0.1, 0.15) is 16.3 Å². The van der Waals surface area contributed by atoms with E-state index in [1.807, 2.05) is 5.38 Å². The highest BCUT2D eigenvalue weighted by molar-refractivity contribution is 7.09. The highest BCUT2D eigenvalue weighted by Gasteiger charge is 2.10. The van der Waals surface area contributed by atoms with E-state index in [-0.39, 0.29) is 5.82 Å². The van der Waals surface area contributed by atoms with Crippen molar-refractivity contribution in [2.75, 3.05) is 0 Å². The number of hydrogen-bond donors (Lipinski definition) is 0. The number of nitrogens with zero attached hydrogens (tertiary/aromatic N) is 1. The van der Waals surface area contributed by atoms with E-state index >= 15 is 0 Å². The van der Waals surface area contributed by atoms with Crippen molar-refractivity contribution < 1.29 is 4.39 Å². The molecule has 0 N–H and O–H groups in total. The molecule has 5 heteroatoms. The zero-order valence-corrected chi connectivity index (χ0v) is 10.5. The lowest BCUT2D eigenvalue weighted by atomic mass is 10.1. The first-order valence-electron chi connectivity index (χ1n) is 4.63. The van der Waals surface area contributed by atoms with E-state index in [0.717, 1.165) is 10.7 Å². The van der Waals surface area contributed by atoms with Crippen molar-refractivity contribution in [2.45, 2.75) is 12.3 Å². The highest BCUT2D eigenvalue weighted by atomic mass is 35.5. The predicted molar refractivity (Wildman–Crippen MR) is 65.9 cm³/mol. The third-order valence-corrected chi connectivity index (χ3v) is 3.65. The lowest BCUT2D eigenvalue weighted by molar-refractivity contribution is 0.614. The van der Waals surface area contributed by atoms with Crippen LogP contribution in [0.3, 0.4) is 0 Å². The fourth-order valence-corrected chi connectivity index (χ4v) is 2.61. The summed E-state index contributed by atoms with van der Waals surface area (Å²) < 4.78 is 13.5. The van der Waals surface area contributed by atoms with Crippen LogP contribution in [0.2, 0.25) is 5.02 Å². The normalized spacial score (nSPS) is 10.7. The van der Waals surface area contributed by atoms with Crippen molar-refractivity contribution in [3.63, 3.8) is 0 Å². The Morgan fingerprint density at radius 3 is 2.81 bits per heavy atom. The van der Waals surface area contributed by atoms with Crippen molar-refractivity contribution in [2.24, 2.45) is 0 Å². The van der Waals surface area contributed by atoms with Gasteiger partial charge in [-0.05, 0) is 12.1 Å². The van der Waals surface area contributed by atoms with Crippen molar-refractivity contribution >= 4 is 34.5 Å². The molecule has 0 amide bonds. The molecule has 16 heavy (non-hydrogen) atoms. The summed E-state index contributed by atoms with van der Waals surface area (Å²) in [5, 5.41) is 3.13. The number of halogens is 3. The minimum absolute atomic E-state index is 0.296. The molecule has 1 heterocycles. The molecule has 1 aromatic carbocycles. The van der Waals surface area contributed by atoms with Crippen LogP contribution in [-0.4, -0.2) is 4.98 Å². The molecular formula is C11H8Cl2FNS. The summed E-state index contributed by atoms with van der Waals surface area (Å²) in [5.74, 6) is 0.0803. The van der Waals surface area contributed by atoms with Crippen LogP contribution in [0.25, 0.3) is 0 Å². The lowest BCUT2D eigenvalue weighted by Crippen LogP contribution is -1.93. The molecule has 0 fully saturated rings. The molecule has 0 atom stereocenters. The molecule has 84 valence electrons. The standard InChI is InChI=1S/C11H8Cl2FNS/c12-5-7-6-16-11(15-7)4-8-9(13)2-1-3-10(8)14/h1-3,6H,4-5H2. The first-order valence-corrected chi connectivity index (χ1v) is 6.42.